The number of aliphatic hydroxyl groups excluding tert-OH is 1. The van der Waals surface area contributed by atoms with Gasteiger partial charge in [-0.1, -0.05) is 23.2 Å². The number of aliphatic carboxylic acids is 1. The number of carbonyl (C=O) groups is 2. The van der Waals surface area contributed by atoms with Gasteiger partial charge in [-0.25, -0.2) is 0 Å². The lowest BCUT2D eigenvalue weighted by Gasteiger charge is -2.15. The molecule has 1 aromatic heterocycles. The van der Waals surface area contributed by atoms with Gasteiger partial charge in [0.15, 0.2) is 11.5 Å². The van der Waals surface area contributed by atoms with Crippen molar-refractivity contribution < 1.29 is 38.1 Å². The molecule has 180 valence electrons. The van der Waals surface area contributed by atoms with Gasteiger partial charge >= 0.3 is 12.6 Å². The molecule has 0 saturated heterocycles. The number of ether oxygens (including phenoxy) is 2. The van der Waals surface area contributed by atoms with Gasteiger partial charge in [-0.2, -0.15) is 8.78 Å². The first-order chi connectivity index (χ1) is 15.7. The van der Waals surface area contributed by atoms with Gasteiger partial charge in [0, 0.05) is 24.6 Å². The number of carboxylic acids is 1. The van der Waals surface area contributed by atoms with Crippen molar-refractivity contribution in [2.45, 2.75) is 25.5 Å². The fraction of sp³-hybridized carbons (Fsp3) is 0.350. The van der Waals surface area contributed by atoms with Crippen LogP contribution in [0.4, 0.5) is 14.5 Å². The first-order valence-corrected chi connectivity index (χ1v) is 10.4. The molecule has 0 aliphatic heterocycles. The van der Waals surface area contributed by atoms with E-state index in [1.54, 1.807) is 0 Å². The van der Waals surface area contributed by atoms with Gasteiger partial charge in [0.05, 0.1) is 22.3 Å². The molecule has 0 radical (unpaired) electrons. The van der Waals surface area contributed by atoms with Crippen LogP contribution in [-0.2, 0) is 4.79 Å². The molecule has 33 heavy (non-hydrogen) atoms. The Morgan fingerprint density at radius 3 is 2.45 bits per heavy atom. The maximum absolute atomic E-state index is 12.7. The smallest absolute Gasteiger partial charge is 0.387 e. The highest BCUT2D eigenvalue weighted by atomic mass is 35.5. The predicted octanol–water partition coefficient (Wildman–Crippen LogP) is 3.44. The summed E-state index contributed by atoms with van der Waals surface area (Å²) in [6, 6.07) is 2.71. The number of nitrogens with zero attached hydrogens (tertiary/aromatic N) is 1. The van der Waals surface area contributed by atoms with E-state index in [-0.39, 0.29) is 59.0 Å². The Morgan fingerprint density at radius 1 is 1.15 bits per heavy atom. The van der Waals surface area contributed by atoms with E-state index in [1.165, 1.54) is 24.5 Å². The Morgan fingerprint density at radius 2 is 1.85 bits per heavy atom. The lowest BCUT2D eigenvalue weighted by molar-refractivity contribution is -0.139. The molecule has 1 aromatic carbocycles. The fourth-order valence-corrected chi connectivity index (χ4v) is 3.10. The summed E-state index contributed by atoms with van der Waals surface area (Å²) in [4.78, 5) is 27.4. The predicted molar refractivity (Wildman–Crippen MR) is 117 cm³/mol. The fourth-order valence-electron chi connectivity index (χ4n) is 2.64. The van der Waals surface area contributed by atoms with Crippen molar-refractivity contribution in [1.29, 1.82) is 0 Å². The number of hydrogen-bond donors (Lipinski definition) is 4. The highest BCUT2D eigenvalue weighted by Crippen LogP contribution is 2.32. The van der Waals surface area contributed by atoms with Crippen LogP contribution >= 0.6 is 23.2 Å². The molecule has 2 aromatic rings. The van der Waals surface area contributed by atoms with Crippen molar-refractivity contribution in [3.8, 4) is 11.5 Å². The van der Waals surface area contributed by atoms with Gasteiger partial charge in [0.2, 0.25) is 0 Å². The Labute approximate surface area is 197 Å². The number of amides is 1. The third-order valence-electron chi connectivity index (χ3n) is 4.20. The third kappa shape index (κ3) is 8.28. The minimum Gasteiger partial charge on any atom is -0.490 e. The maximum Gasteiger partial charge on any atom is 0.387 e. The number of halogens is 4. The van der Waals surface area contributed by atoms with E-state index in [2.05, 4.69) is 20.4 Å². The number of aromatic nitrogens is 1. The van der Waals surface area contributed by atoms with Crippen LogP contribution in [0.2, 0.25) is 10.0 Å². The standard InChI is InChI=1S/C20H21Cl2F2N3O6/c21-12-9-25-10-13(22)17(12)27-18(29)11-2-3-15(33-20(23)24)16(8-11)32-7-1-5-26-14(4-6-28)19(30)31/h2-3,8-10,14,20,26,28H,1,4-7H2,(H,30,31)(H,25,27,29). The van der Waals surface area contributed by atoms with Crippen molar-refractivity contribution in [2.75, 3.05) is 25.1 Å². The van der Waals surface area contributed by atoms with Crippen LogP contribution in [0, 0.1) is 0 Å². The highest BCUT2D eigenvalue weighted by molar-refractivity contribution is 6.39. The Balaban J connectivity index is 2.06. The second-order valence-electron chi connectivity index (χ2n) is 6.53. The zero-order valence-corrected chi connectivity index (χ0v) is 18.6. The monoisotopic (exact) mass is 507 g/mol. The van der Waals surface area contributed by atoms with Crippen LogP contribution in [0.3, 0.4) is 0 Å². The SMILES string of the molecule is O=C(Nc1c(Cl)cncc1Cl)c1ccc(OC(F)F)c(OCCCNC(CCO)C(=O)O)c1. The van der Waals surface area contributed by atoms with Crippen molar-refractivity contribution in [3.05, 3.63) is 46.2 Å². The number of pyridine rings is 1. The molecule has 0 bridgehead atoms. The Hall–Kier alpha value is -2.73. The van der Waals surface area contributed by atoms with Gasteiger partial charge in [0.25, 0.3) is 5.91 Å². The molecule has 2 rings (SSSR count). The van der Waals surface area contributed by atoms with E-state index < -0.39 is 24.5 Å². The van der Waals surface area contributed by atoms with Crippen molar-refractivity contribution in [1.82, 2.24) is 10.3 Å². The molecule has 0 aliphatic rings. The van der Waals surface area contributed by atoms with Crippen molar-refractivity contribution >= 4 is 40.8 Å². The van der Waals surface area contributed by atoms with E-state index in [4.69, 9.17) is 38.2 Å². The zero-order valence-electron chi connectivity index (χ0n) is 17.1. The van der Waals surface area contributed by atoms with Gasteiger partial charge < -0.3 is 30.3 Å². The first-order valence-electron chi connectivity index (χ1n) is 9.62. The number of benzene rings is 1. The van der Waals surface area contributed by atoms with Gasteiger partial charge in [-0.15, -0.1) is 0 Å². The normalized spacial score (nSPS) is 11.8. The molecule has 1 unspecified atom stereocenters. The largest absolute Gasteiger partial charge is 0.490 e. The van der Waals surface area contributed by atoms with Crippen LogP contribution in [0.1, 0.15) is 23.2 Å². The summed E-state index contributed by atoms with van der Waals surface area (Å²) < 4.78 is 35.4. The van der Waals surface area contributed by atoms with Crippen molar-refractivity contribution in [2.24, 2.45) is 0 Å². The van der Waals surface area contributed by atoms with E-state index in [9.17, 15) is 18.4 Å². The summed E-state index contributed by atoms with van der Waals surface area (Å²) >= 11 is 12.0. The molecular formula is C20H21Cl2F2N3O6. The van der Waals surface area contributed by atoms with Gasteiger partial charge in [-0.3, -0.25) is 14.6 Å². The molecule has 1 atom stereocenters. The highest BCUT2D eigenvalue weighted by Gasteiger charge is 2.18. The Bertz CT molecular complexity index is 947. The second kappa shape index (κ2) is 13.1. The van der Waals surface area contributed by atoms with Crippen LogP contribution in [-0.4, -0.2) is 59.5 Å². The molecular weight excluding hydrogens is 487 g/mol. The van der Waals surface area contributed by atoms with Crippen LogP contribution < -0.4 is 20.1 Å². The molecule has 1 heterocycles. The van der Waals surface area contributed by atoms with E-state index in [0.717, 1.165) is 6.07 Å². The van der Waals surface area contributed by atoms with Gasteiger partial charge in [-0.05, 0) is 37.6 Å². The number of nitrogens with one attached hydrogen (secondary N) is 2. The quantitative estimate of drug-likeness (QED) is 0.303. The first kappa shape index (κ1) is 26.5. The van der Waals surface area contributed by atoms with Gasteiger partial charge in [0.1, 0.15) is 6.04 Å². The summed E-state index contributed by atoms with van der Waals surface area (Å²) in [6.07, 6.45) is 2.93. The van der Waals surface area contributed by atoms with E-state index in [1.807, 2.05) is 0 Å². The molecule has 0 fully saturated rings. The number of alkyl halides is 2. The summed E-state index contributed by atoms with van der Waals surface area (Å²) in [5, 5.41) is 23.4. The van der Waals surface area contributed by atoms with Crippen LogP contribution in [0.5, 0.6) is 11.5 Å². The Kier molecular flexibility index (Phi) is 10.5. The molecule has 1 amide bonds. The summed E-state index contributed by atoms with van der Waals surface area (Å²) in [7, 11) is 0. The van der Waals surface area contributed by atoms with Crippen LogP contribution in [0.25, 0.3) is 0 Å². The molecule has 0 aliphatic carbocycles. The molecule has 13 heteroatoms. The lowest BCUT2D eigenvalue weighted by atomic mass is 10.2. The molecule has 9 nitrogen and oxygen atoms in total. The second-order valence-corrected chi connectivity index (χ2v) is 7.35. The van der Waals surface area contributed by atoms with Crippen LogP contribution in [0.15, 0.2) is 30.6 Å². The average Bonchev–Trinajstić information content (AvgIpc) is 2.75. The summed E-state index contributed by atoms with van der Waals surface area (Å²) in [5.41, 5.74) is 0.193. The number of rotatable bonds is 13. The number of aliphatic hydroxyl groups is 1. The molecule has 0 saturated carbocycles. The number of carbonyl (C=O) groups excluding carboxylic acids is 1. The summed E-state index contributed by atoms with van der Waals surface area (Å²) in [6.45, 7) is -3.18. The molecule has 4 N–H and O–H groups in total. The minimum atomic E-state index is -3.11. The minimum absolute atomic E-state index is 0.00510. The van der Waals surface area contributed by atoms with Crippen molar-refractivity contribution in [3.63, 3.8) is 0 Å². The maximum atomic E-state index is 12.7. The average molecular weight is 508 g/mol. The lowest BCUT2D eigenvalue weighted by Crippen LogP contribution is -2.38. The summed E-state index contributed by atoms with van der Waals surface area (Å²) in [5.74, 6) is -2.13. The van der Waals surface area contributed by atoms with E-state index >= 15 is 0 Å². The number of hydrogen-bond acceptors (Lipinski definition) is 7. The zero-order chi connectivity index (χ0) is 24.4. The van der Waals surface area contributed by atoms with E-state index in [0.29, 0.717) is 6.42 Å². The third-order valence-corrected chi connectivity index (χ3v) is 4.77. The topological polar surface area (TPSA) is 130 Å². The number of carboxylic acid groups (broad SMARTS) is 1. The molecule has 0 spiro atoms. The number of anilines is 1.